The Bertz CT molecular complexity index is 9100. The predicted molar refractivity (Wildman–Crippen MR) is 561 cm³/mol. The van der Waals surface area contributed by atoms with Gasteiger partial charge in [0.25, 0.3) is 0 Å². The van der Waals surface area contributed by atoms with Gasteiger partial charge in [0.1, 0.15) is 0 Å². The zero-order chi connectivity index (χ0) is 89.7. The molecule has 26 aromatic rings. The van der Waals surface area contributed by atoms with E-state index in [2.05, 4.69) is 460 Å². The summed E-state index contributed by atoms with van der Waals surface area (Å²) in [6.45, 7) is 0. The number of para-hydroxylation sites is 5. The molecule has 10 heteroatoms. The molecule has 8 aromatic heterocycles. The Morgan fingerprint density at radius 3 is 0.824 bits per heavy atom. The number of fused-ring (bicyclic) bond motifs is 12. The van der Waals surface area contributed by atoms with Gasteiger partial charge in [0, 0.05) is 123 Å². The van der Waals surface area contributed by atoms with E-state index in [1.807, 2.05) is 48.8 Å². The van der Waals surface area contributed by atoms with Crippen molar-refractivity contribution in [3.63, 3.8) is 0 Å². The van der Waals surface area contributed by atoms with Crippen molar-refractivity contribution in [1.29, 1.82) is 0 Å². The highest BCUT2D eigenvalue weighted by Crippen LogP contribution is 2.45. The monoisotopic (exact) mass is 1730 g/mol. The molecule has 0 saturated heterocycles. The first kappa shape index (κ1) is 78.6. The van der Waals surface area contributed by atoms with Crippen LogP contribution in [-0.4, -0.2) is 48.2 Å². The minimum absolute atomic E-state index is 0.617. The van der Waals surface area contributed by atoms with Crippen molar-refractivity contribution in [1.82, 2.24) is 48.2 Å². The molecular formula is C126H80N10. The molecule has 26 rings (SSSR count). The van der Waals surface area contributed by atoms with E-state index in [4.69, 9.17) is 24.9 Å². The predicted octanol–water partition coefficient (Wildman–Crippen LogP) is 32.1. The number of nitrogens with zero attached hydrogens (tertiary/aromatic N) is 10. The summed E-state index contributed by atoms with van der Waals surface area (Å²) in [4.78, 5) is 31.0. The molecule has 0 saturated carbocycles. The molecule has 0 aliphatic rings. The van der Waals surface area contributed by atoms with Gasteiger partial charge in [0.15, 0.2) is 11.6 Å². The zero-order valence-electron chi connectivity index (χ0n) is 73.7. The molecule has 0 aliphatic heterocycles. The minimum atomic E-state index is 0.617. The Kier molecular flexibility index (Phi) is 19.0. The Labute approximate surface area is 784 Å². The summed E-state index contributed by atoms with van der Waals surface area (Å²) < 4.78 is 9.55. The maximum atomic E-state index is 5.40. The Morgan fingerprint density at radius 1 is 0.125 bits per heavy atom. The van der Waals surface area contributed by atoms with Crippen LogP contribution in [0.2, 0.25) is 0 Å². The summed E-state index contributed by atoms with van der Waals surface area (Å²) in [5, 5.41) is 9.58. The topological polar surface area (TPSA) is 97.1 Å². The van der Waals surface area contributed by atoms with Crippen LogP contribution < -0.4 is 0 Å². The lowest BCUT2D eigenvalue weighted by Gasteiger charge is -2.14. The lowest BCUT2D eigenvalue weighted by Crippen LogP contribution is -1.97. The van der Waals surface area contributed by atoms with Gasteiger partial charge in [-0.25, -0.2) is 19.9 Å². The van der Waals surface area contributed by atoms with Crippen molar-refractivity contribution < 1.29 is 0 Å². The molecular weight excluding hydrogens is 1650 g/mol. The van der Waals surface area contributed by atoms with Crippen LogP contribution in [0, 0.1) is 0 Å². The van der Waals surface area contributed by atoms with Gasteiger partial charge in [0.05, 0.1) is 78.3 Å². The smallest absolute Gasteiger partial charge is 0.160 e. The summed E-state index contributed by atoms with van der Waals surface area (Å²) in [5.74, 6) is 1.29. The molecule has 0 amide bonds. The van der Waals surface area contributed by atoms with E-state index >= 15 is 0 Å². The van der Waals surface area contributed by atoms with Crippen molar-refractivity contribution in [3.05, 3.63) is 486 Å². The third-order valence-electron chi connectivity index (χ3n) is 26.9. The van der Waals surface area contributed by atoms with E-state index in [0.717, 1.165) is 179 Å². The molecule has 0 spiro atoms. The highest BCUT2D eigenvalue weighted by Gasteiger charge is 2.24. The lowest BCUT2D eigenvalue weighted by atomic mass is 9.94. The molecule has 0 aliphatic carbocycles. The van der Waals surface area contributed by atoms with E-state index in [1.165, 1.54) is 65.3 Å². The summed E-state index contributed by atoms with van der Waals surface area (Å²) >= 11 is 0. The average molecular weight is 1730 g/mol. The van der Waals surface area contributed by atoms with Crippen LogP contribution in [0.3, 0.4) is 0 Å². The van der Waals surface area contributed by atoms with Gasteiger partial charge < -0.3 is 18.3 Å². The Morgan fingerprint density at radius 2 is 0.404 bits per heavy atom. The number of rotatable bonds is 17. The fourth-order valence-electron chi connectivity index (χ4n) is 20.3. The molecule has 634 valence electrons. The number of hydrogen-bond donors (Lipinski definition) is 0. The van der Waals surface area contributed by atoms with Gasteiger partial charge in [0.2, 0.25) is 0 Å². The maximum Gasteiger partial charge on any atom is 0.160 e. The Balaban J connectivity index is 0.490. The van der Waals surface area contributed by atoms with Gasteiger partial charge >= 0.3 is 0 Å². The second-order valence-corrected chi connectivity index (χ2v) is 34.9. The normalized spacial score (nSPS) is 11.7. The zero-order valence-corrected chi connectivity index (χ0v) is 73.7. The number of pyridine rings is 2. The van der Waals surface area contributed by atoms with Crippen LogP contribution in [0.4, 0.5) is 0 Å². The Hall–Kier alpha value is -18.4. The van der Waals surface area contributed by atoms with Crippen molar-refractivity contribution in [2.24, 2.45) is 0 Å². The fraction of sp³-hybridized carbons (Fsp3) is 0. The standard InChI is InChI=1S/C126H80N10/c1-5-24-81(25-6-1)96-70-97(82-26-7-2-8-27-82)72-98(71-96)116-80-115(129-125(132-116)88-28-9-3-10-29-88)87-53-61-101(62-54-87)135-119-41-19-15-36-105(119)109-76-93(57-65-123(109)135)94-58-66-124-110(77-94)106-37-16-20-42-120(106)136(124)102-33-23-30-90(73-102)95-67-69-128-112(78-95)84-47-49-89(50-48-84)126-130-113(85-45-43-83(44-46-85)111-38-21-22-68-127-111)79-114(131-126)86-51-59-100(60-52-86)134-118-40-18-14-35-104(118)108-75-92(56-64-122(108)134)91-55-63-121-107(74-91)103-34-13-17-39-117(103)133(121)99-31-11-4-12-32-99/h1-80H. The van der Waals surface area contributed by atoms with E-state index in [1.54, 1.807) is 0 Å². The van der Waals surface area contributed by atoms with Gasteiger partial charge in [-0.1, -0.05) is 297 Å². The van der Waals surface area contributed by atoms with Crippen LogP contribution in [0.15, 0.2) is 486 Å². The third kappa shape index (κ3) is 14.0. The number of benzene rings is 18. The van der Waals surface area contributed by atoms with Crippen LogP contribution in [0.5, 0.6) is 0 Å². The summed E-state index contributed by atoms with van der Waals surface area (Å²) in [6.07, 6.45) is 3.75. The average Bonchev–Trinajstić information content (AvgIpc) is 1.59. The summed E-state index contributed by atoms with van der Waals surface area (Å²) in [6, 6.07) is 170. The molecule has 0 N–H and O–H groups in total. The minimum Gasteiger partial charge on any atom is -0.309 e. The molecule has 0 fully saturated rings. The third-order valence-corrected chi connectivity index (χ3v) is 26.9. The van der Waals surface area contributed by atoms with E-state index in [9.17, 15) is 0 Å². The van der Waals surface area contributed by atoms with Crippen LogP contribution in [0.1, 0.15) is 0 Å². The van der Waals surface area contributed by atoms with Gasteiger partial charge in [-0.3, -0.25) is 9.97 Å². The quantitative estimate of drug-likeness (QED) is 0.0901. The van der Waals surface area contributed by atoms with E-state index < -0.39 is 0 Å². The summed E-state index contributed by atoms with van der Waals surface area (Å²) in [5.41, 5.74) is 37.7. The van der Waals surface area contributed by atoms with Crippen LogP contribution in [0.25, 0.3) is 256 Å². The first-order chi connectivity index (χ1) is 67.4. The molecule has 0 atom stereocenters. The highest BCUT2D eigenvalue weighted by atomic mass is 15.0. The van der Waals surface area contributed by atoms with Gasteiger partial charge in [-0.2, -0.15) is 0 Å². The number of hydrogen-bond acceptors (Lipinski definition) is 6. The van der Waals surface area contributed by atoms with Crippen molar-refractivity contribution in [2.45, 2.75) is 0 Å². The largest absolute Gasteiger partial charge is 0.309 e. The molecule has 0 radical (unpaired) electrons. The molecule has 0 bridgehead atoms. The van der Waals surface area contributed by atoms with Crippen LogP contribution >= 0.6 is 0 Å². The van der Waals surface area contributed by atoms with Crippen LogP contribution in [-0.2, 0) is 0 Å². The second-order valence-electron chi connectivity index (χ2n) is 34.9. The van der Waals surface area contributed by atoms with Crippen molar-refractivity contribution in [3.8, 4) is 169 Å². The summed E-state index contributed by atoms with van der Waals surface area (Å²) in [7, 11) is 0. The van der Waals surface area contributed by atoms with Gasteiger partial charge in [-0.05, 0) is 232 Å². The SMILES string of the molecule is c1ccc(-c2cc(-c3ccccc3)cc(-c3cc(-c4ccc(-n5c6ccccc6c6cc(-c7ccc8c(c7)c7ccccc7n8-c7cccc(-c8ccnc(-c9ccc(-c%10nc(-c%11ccc(-c%12ccccn%12)cc%11)cc(-c%11ccc(-n%12c%13ccccc%13c%13cc(-c%14ccc%15c(c%14)c%14ccccc%14n%15-c%14ccccc%14)ccc%13%12)cc%11)n%10)cc9)c8)c7)ccc65)cc4)nc(-c4ccccc4)n3)c2)cc1. The fourth-order valence-corrected chi connectivity index (χ4v) is 20.3. The molecule has 18 aromatic carbocycles. The van der Waals surface area contributed by atoms with Crippen molar-refractivity contribution in [2.75, 3.05) is 0 Å². The molecule has 8 heterocycles. The molecule has 0 unspecified atom stereocenters. The second kappa shape index (κ2) is 32.9. The van der Waals surface area contributed by atoms with E-state index in [-0.39, 0.29) is 0 Å². The first-order valence-corrected chi connectivity index (χ1v) is 46.1. The number of aromatic nitrogens is 10. The molecule has 10 nitrogen and oxygen atoms in total. The van der Waals surface area contributed by atoms with Gasteiger partial charge in [-0.15, -0.1) is 0 Å². The van der Waals surface area contributed by atoms with Crippen molar-refractivity contribution >= 4 is 87.2 Å². The first-order valence-electron chi connectivity index (χ1n) is 46.1. The highest BCUT2D eigenvalue weighted by molar-refractivity contribution is 6.15. The lowest BCUT2D eigenvalue weighted by molar-refractivity contribution is 1.17. The maximum absolute atomic E-state index is 5.40. The van der Waals surface area contributed by atoms with E-state index in [0.29, 0.717) is 11.6 Å². The molecule has 136 heavy (non-hydrogen) atoms.